The molecule has 0 radical (unpaired) electrons. The number of carbonyl (C=O) groups excluding carboxylic acids is 1. The molecule has 1 aromatic heterocycles. The van der Waals surface area contributed by atoms with Gasteiger partial charge in [-0.25, -0.2) is 0 Å². The Morgan fingerprint density at radius 1 is 1.32 bits per heavy atom. The third-order valence-corrected chi connectivity index (χ3v) is 4.82. The van der Waals surface area contributed by atoms with Gasteiger partial charge in [-0.1, -0.05) is 12.1 Å². The quantitative estimate of drug-likeness (QED) is 0.829. The van der Waals surface area contributed by atoms with Crippen LogP contribution >= 0.6 is 11.8 Å². The molecule has 2 heterocycles. The second-order valence-electron chi connectivity index (χ2n) is 5.26. The fourth-order valence-electron chi connectivity index (χ4n) is 2.41. The number of benzene rings is 1. The number of carbonyl (C=O) groups is 1. The van der Waals surface area contributed by atoms with Crippen LogP contribution in [0.2, 0.25) is 0 Å². The number of nitrogens with one attached hydrogen (secondary N) is 1. The van der Waals surface area contributed by atoms with Crippen molar-refractivity contribution < 1.29 is 13.9 Å². The van der Waals surface area contributed by atoms with Gasteiger partial charge < -0.3 is 14.5 Å². The van der Waals surface area contributed by atoms with E-state index in [2.05, 4.69) is 5.32 Å². The van der Waals surface area contributed by atoms with Crippen molar-refractivity contribution in [3.8, 4) is 0 Å². The van der Waals surface area contributed by atoms with Crippen molar-refractivity contribution in [2.75, 3.05) is 12.4 Å². The standard InChI is InChI=1S/C17H19NO3S/c19-17(18-10-13-7-9-20-11-13)15-5-1-2-6-16(15)22-12-14-4-3-8-21-14/h1-2,5-7,9,11,14H,3-4,8,10,12H2,(H,18,19)/t14-/m1/s1. The van der Waals surface area contributed by atoms with Crippen molar-refractivity contribution in [2.24, 2.45) is 0 Å². The van der Waals surface area contributed by atoms with Crippen molar-refractivity contribution in [1.29, 1.82) is 0 Å². The summed E-state index contributed by atoms with van der Waals surface area (Å²) in [6.45, 7) is 1.33. The van der Waals surface area contributed by atoms with Gasteiger partial charge in [0.05, 0.1) is 24.2 Å². The molecule has 116 valence electrons. The number of hydrogen-bond donors (Lipinski definition) is 1. The number of rotatable bonds is 6. The lowest BCUT2D eigenvalue weighted by molar-refractivity contribution is 0.0947. The lowest BCUT2D eigenvalue weighted by Crippen LogP contribution is -2.23. The Kier molecular flexibility index (Phi) is 5.19. The number of furan rings is 1. The first-order valence-corrected chi connectivity index (χ1v) is 8.44. The summed E-state index contributed by atoms with van der Waals surface area (Å²) < 4.78 is 10.6. The summed E-state index contributed by atoms with van der Waals surface area (Å²) in [5, 5.41) is 2.93. The van der Waals surface area contributed by atoms with Gasteiger partial charge in [-0.15, -0.1) is 11.8 Å². The molecule has 22 heavy (non-hydrogen) atoms. The first-order valence-electron chi connectivity index (χ1n) is 7.45. The monoisotopic (exact) mass is 317 g/mol. The zero-order valence-corrected chi connectivity index (χ0v) is 13.1. The predicted molar refractivity (Wildman–Crippen MR) is 86.0 cm³/mol. The van der Waals surface area contributed by atoms with Gasteiger partial charge in [0.15, 0.2) is 0 Å². The van der Waals surface area contributed by atoms with Gasteiger partial charge in [-0.3, -0.25) is 4.79 Å². The number of ether oxygens (including phenoxy) is 1. The molecule has 0 bridgehead atoms. The van der Waals surface area contributed by atoms with Gasteiger partial charge in [0, 0.05) is 29.4 Å². The van der Waals surface area contributed by atoms with Crippen LogP contribution in [0, 0.1) is 0 Å². The largest absolute Gasteiger partial charge is 0.472 e. The smallest absolute Gasteiger partial charge is 0.252 e. The van der Waals surface area contributed by atoms with Gasteiger partial charge in [0.2, 0.25) is 0 Å². The van der Waals surface area contributed by atoms with Crippen molar-refractivity contribution in [3.63, 3.8) is 0 Å². The first-order chi connectivity index (χ1) is 10.8. The fraction of sp³-hybridized carbons (Fsp3) is 0.353. The minimum absolute atomic E-state index is 0.0587. The number of hydrogen-bond acceptors (Lipinski definition) is 4. The van der Waals surface area contributed by atoms with E-state index >= 15 is 0 Å². The van der Waals surface area contributed by atoms with Crippen LogP contribution in [-0.2, 0) is 11.3 Å². The Morgan fingerprint density at radius 2 is 2.23 bits per heavy atom. The van der Waals surface area contributed by atoms with Crippen molar-refractivity contribution >= 4 is 17.7 Å². The molecule has 1 aromatic carbocycles. The van der Waals surface area contributed by atoms with E-state index in [0.717, 1.165) is 35.7 Å². The second-order valence-corrected chi connectivity index (χ2v) is 6.32. The SMILES string of the molecule is O=C(NCc1ccoc1)c1ccccc1SC[C@H]1CCCO1. The average molecular weight is 317 g/mol. The van der Waals surface area contributed by atoms with Crippen molar-refractivity contribution in [2.45, 2.75) is 30.4 Å². The van der Waals surface area contributed by atoms with E-state index in [-0.39, 0.29) is 5.91 Å². The van der Waals surface area contributed by atoms with Crippen LogP contribution < -0.4 is 5.32 Å². The van der Waals surface area contributed by atoms with Crippen LogP contribution in [0.4, 0.5) is 0 Å². The third-order valence-electron chi connectivity index (χ3n) is 3.61. The molecule has 4 nitrogen and oxygen atoms in total. The first kappa shape index (κ1) is 15.2. The van der Waals surface area contributed by atoms with Crippen LogP contribution in [0.1, 0.15) is 28.8 Å². The average Bonchev–Trinajstić information content (AvgIpc) is 3.24. The van der Waals surface area contributed by atoms with Crippen LogP contribution in [0.25, 0.3) is 0 Å². The summed E-state index contributed by atoms with van der Waals surface area (Å²) in [4.78, 5) is 13.4. The Morgan fingerprint density at radius 3 is 3.00 bits per heavy atom. The van der Waals surface area contributed by atoms with Gasteiger partial charge in [0.1, 0.15) is 0 Å². The van der Waals surface area contributed by atoms with Gasteiger partial charge in [-0.2, -0.15) is 0 Å². The highest BCUT2D eigenvalue weighted by molar-refractivity contribution is 7.99. The maximum atomic E-state index is 12.4. The molecule has 0 saturated carbocycles. The number of amides is 1. The van der Waals surface area contributed by atoms with E-state index in [9.17, 15) is 4.79 Å². The van der Waals surface area contributed by atoms with Crippen LogP contribution in [0.15, 0.2) is 52.2 Å². The molecule has 1 atom stereocenters. The van der Waals surface area contributed by atoms with E-state index in [4.69, 9.17) is 9.15 Å². The molecule has 1 amide bonds. The van der Waals surface area contributed by atoms with Gasteiger partial charge >= 0.3 is 0 Å². The summed E-state index contributed by atoms with van der Waals surface area (Å²) in [6.07, 6.45) is 5.80. The molecular weight excluding hydrogens is 298 g/mol. The molecule has 0 spiro atoms. The zero-order valence-electron chi connectivity index (χ0n) is 12.3. The molecule has 5 heteroatoms. The number of thioether (sulfide) groups is 1. The molecule has 3 rings (SSSR count). The van der Waals surface area contributed by atoms with Crippen LogP contribution in [0.5, 0.6) is 0 Å². The Hall–Kier alpha value is -1.72. The van der Waals surface area contributed by atoms with E-state index in [1.54, 1.807) is 24.3 Å². The topological polar surface area (TPSA) is 51.5 Å². The minimum atomic E-state index is -0.0587. The molecule has 1 aliphatic heterocycles. The normalized spacial score (nSPS) is 17.5. The highest BCUT2D eigenvalue weighted by Gasteiger charge is 2.17. The van der Waals surface area contributed by atoms with Crippen molar-refractivity contribution in [3.05, 3.63) is 54.0 Å². The van der Waals surface area contributed by atoms with E-state index in [1.807, 2.05) is 30.3 Å². The van der Waals surface area contributed by atoms with Crippen LogP contribution in [-0.4, -0.2) is 24.4 Å². The highest BCUT2D eigenvalue weighted by Crippen LogP contribution is 2.26. The highest BCUT2D eigenvalue weighted by atomic mass is 32.2. The molecule has 1 saturated heterocycles. The lowest BCUT2D eigenvalue weighted by Gasteiger charge is -2.12. The maximum Gasteiger partial charge on any atom is 0.252 e. The Labute approximate surface area is 134 Å². The maximum absolute atomic E-state index is 12.4. The lowest BCUT2D eigenvalue weighted by atomic mass is 10.2. The van der Waals surface area contributed by atoms with E-state index in [0.29, 0.717) is 18.2 Å². The summed E-state index contributed by atoms with van der Waals surface area (Å²) in [5.41, 5.74) is 1.67. The van der Waals surface area contributed by atoms with Gasteiger partial charge in [-0.05, 0) is 31.0 Å². The molecule has 2 aromatic rings. The summed E-state index contributed by atoms with van der Waals surface area (Å²) in [5.74, 6) is 0.836. The van der Waals surface area contributed by atoms with E-state index in [1.165, 1.54) is 0 Å². The van der Waals surface area contributed by atoms with Gasteiger partial charge in [0.25, 0.3) is 5.91 Å². The molecular formula is C17H19NO3S. The van der Waals surface area contributed by atoms with Crippen LogP contribution in [0.3, 0.4) is 0 Å². The second kappa shape index (κ2) is 7.51. The summed E-state index contributed by atoms with van der Waals surface area (Å²) in [7, 11) is 0. The van der Waals surface area contributed by atoms with Crippen molar-refractivity contribution in [1.82, 2.24) is 5.32 Å². The Bertz CT molecular complexity index is 606. The Balaban J connectivity index is 1.60. The molecule has 1 aliphatic rings. The zero-order chi connectivity index (χ0) is 15.2. The van der Waals surface area contributed by atoms with E-state index < -0.39 is 0 Å². The summed E-state index contributed by atoms with van der Waals surface area (Å²) >= 11 is 1.69. The molecule has 1 fully saturated rings. The predicted octanol–water partition coefficient (Wildman–Crippen LogP) is 3.48. The minimum Gasteiger partial charge on any atom is -0.472 e. The summed E-state index contributed by atoms with van der Waals surface area (Å²) in [6, 6.07) is 9.56. The fourth-order valence-corrected chi connectivity index (χ4v) is 3.53. The molecule has 0 unspecified atom stereocenters. The molecule has 0 aliphatic carbocycles. The molecule has 1 N–H and O–H groups in total. The third kappa shape index (κ3) is 3.93.